The Kier molecular flexibility index (Phi) is 1.65. The van der Waals surface area contributed by atoms with Crippen molar-refractivity contribution >= 4 is 0 Å². The van der Waals surface area contributed by atoms with Crippen LogP contribution in [0.3, 0.4) is 0 Å². The van der Waals surface area contributed by atoms with Gasteiger partial charge in [-0.05, 0) is 6.42 Å². The summed E-state index contributed by atoms with van der Waals surface area (Å²) in [5.41, 5.74) is 0. The Morgan fingerprint density at radius 1 is 2.00 bits per heavy atom. The molecule has 0 spiro atoms. The number of aliphatic hydroxyl groups is 1. The molecule has 2 heteroatoms. The lowest BCUT2D eigenvalue weighted by Gasteiger charge is -1.99. The normalized spacial score (nSPS) is 29.4. The molecule has 0 aromatic rings. The van der Waals surface area contributed by atoms with Gasteiger partial charge in [0.1, 0.15) is 6.10 Å². The standard InChI is InChI=1S/C6H10O2/c1-2-3-5(7)6-4-8-6/h2,5-7H,1,3-4H2/t5-,6-/m0/s1. The molecule has 2 atom stereocenters. The summed E-state index contributed by atoms with van der Waals surface area (Å²) in [5.74, 6) is 0. The van der Waals surface area contributed by atoms with E-state index >= 15 is 0 Å². The first kappa shape index (κ1) is 5.79. The minimum Gasteiger partial charge on any atom is -0.390 e. The van der Waals surface area contributed by atoms with E-state index < -0.39 is 0 Å². The second-order valence-electron chi connectivity index (χ2n) is 1.96. The van der Waals surface area contributed by atoms with Crippen LogP contribution in [0.25, 0.3) is 0 Å². The topological polar surface area (TPSA) is 32.8 Å². The van der Waals surface area contributed by atoms with Crippen LogP contribution >= 0.6 is 0 Å². The van der Waals surface area contributed by atoms with Crippen LogP contribution in [0.5, 0.6) is 0 Å². The Hall–Kier alpha value is -0.340. The molecule has 0 amide bonds. The van der Waals surface area contributed by atoms with Gasteiger partial charge in [0.25, 0.3) is 0 Å². The minimum absolute atomic E-state index is 0.105. The number of epoxide rings is 1. The maximum absolute atomic E-state index is 8.99. The third kappa shape index (κ3) is 1.32. The molecule has 0 aromatic carbocycles. The third-order valence-electron chi connectivity index (χ3n) is 1.20. The molecule has 1 aliphatic heterocycles. The molecule has 46 valence electrons. The van der Waals surface area contributed by atoms with Crippen molar-refractivity contribution in [1.82, 2.24) is 0 Å². The molecule has 0 radical (unpaired) electrons. The summed E-state index contributed by atoms with van der Waals surface area (Å²) in [4.78, 5) is 0. The molecular formula is C6H10O2. The first-order chi connectivity index (χ1) is 3.84. The van der Waals surface area contributed by atoms with Crippen molar-refractivity contribution in [1.29, 1.82) is 0 Å². The predicted octanol–water partition coefficient (Wildman–Crippen LogP) is 0.322. The van der Waals surface area contributed by atoms with Crippen LogP contribution in [-0.4, -0.2) is 23.9 Å². The quantitative estimate of drug-likeness (QED) is 0.423. The van der Waals surface area contributed by atoms with E-state index in [1.165, 1.54) is 0 Å². The summed E-state index contributed by atoms with van der Waals surface area (Å²) in [5, 5.41) is 8.99. The van der Waals surface area contributed by atoms with Crippen molar-refractivity contribution in [2.24, 2.45) is 0 Å². The highest BCUT2D eigenvalue weighted by atomic mass is 16.6. The largest absolute Gasteiger partial charge is 0.390 e. The maximum atomic E-state index is 8.99. The van der Waals surface area contributed by atoms with Gasteiger partial charge in [0, 0.05) is 0 Å². The zero-order valence-corrected chi connectivity index (χ0v) is 4.71. The van der Waals surface area contributed by atoms with Gasteiger partial charge in [-0.25, -0.2) is 0 Å². The highest BCUT2D eigenvalue weighted by Gasteiger charge is 2.29. The van der Waals surface area contributed by atoms with Gasteiger partial charge in [-0.3, -0.25) is 0 Å². The monoisotopic (exact) mass is 114 g/mol. The highest BCUT2D eigenvalue weighted by molar-refractivity contribution is 4.83. The summed E-state index contributed by atoms with van der Waals surface area (Å²) in [6.07, 6.45) is 2.14. The number of rotatable bonds is 3. The molecule has 2 nitrogen and oxygen atoms in total. The average molecular weight is 114 g/mol. The molecule has 1 aliphatic rings. The van der Waals surface area contributed by atoms with Crippen LogP contribution in [0.2, 0.25) is 0 Å². The Balaban J connectivity index is 2.12. The van der Waals surface area contributed by atoms with Gasteiger partial charge < -0.3 is 9.84 Å². The Labute approximate surface area is 48.8 Å². The zero-order chi connectivity index (χ0) is 5.98. The molecule has 8 heavy (non-hydrogen) atoms. The van der Waals surface area contributed by atoms with Gasteiger partial charge in [0.05, 0.1) is 12.7 Å². The van der Waals surface area contributed by atoms with Crippen molar-refractivity contribution in [3.05, 3.63) is 12.7 Å². The number of hydrogen-bond donors (Lipinski definition) is 1. The van der Waals surface area contributed by atoms with E-state index in [1.807, 2.05) is 0 Å². The molecule has 1 saturated heterocycles. The average Bonchev–Trinajstić information content (AvgIpc) is 2.45. The van der Waals surface area contributed by atoms with E-state index in [4.69, 9.17) is 9.84 Å². The van der Waals surface area contributed by atoms with E-state index in [-0.39, 0.29) is 12.2 Å². The van der Waals surface area contributed by atoms with Crippen molar-refractivity contribution < 1.29 is 9.84 Å². The fraction of sp³-hybridized carbons (Fsp3) is 0.667. The molecule has 0 unspecified atom stereocenters. The Bertz CT molecular complexity index is 86.5. The highest BCUT2D eigenvalue weighted by Crippen LogP contribution is 2.15. The van der Waals surface area contributed by atoms with Crippen molar-refractivity contribution in [3.63, 3.8) is 0 Å². The van der Waals surface area contributed by atoms with Crippen LogP contribution in [0.1, 0.15) is 6.42 Å². The van der Waals surface area contributed by atoms with E-state index in [9.17, 15) is 0 Å². The lowest BCUT2D eigenvalue weighted by atomic mass is 10.2. The van der Waals surface area contributed by atoms with Gasteiger partial charge in [-0.15, -0.1) is 6.58 Å². The first-order valence-corrected chi connectivity index (χ1v) is 2.75. The smallest absolute Gasteiger partial charge is 0.107 e. The van der Waals surface area contributed by atoms with E-state index in [2.05, 4.69) is 6.58 Å². The summed E-state index contributed by atoms with van der Waals surface area (Å²) >= 11 is 0. The van der Waals surface area contributed by atoms with Crippen molar-refractivity contribution in [2.45, 2.75) is 18.6 Å². The third-order valence-corrected chi connectivity index (χ3v) is 1.20. The summed E-state index contributed by atoms with van der Waals surface area (Å²) < 4.78 is 4.83. The first-order valence-electron chi connectivity index (χ1n) is 2.75. The molecule has 0 aromatic heterocycles. The van der Waals surface area contributed by atoms with Crippen LogP contribution in [0.4, 0.5) is 0 Å². The minimum atomic E-state index is -0.313. The Morgan fingerprint density at radius 3 is 3.00 bits per heavy atom. The van der Waals surface area contributed by atoms with Gasteiger partial charge in [-0.1, -0.05) is 6.08 Å². The van der Waals surface area contributed by atoms with Crippen LogP contribution < -0.4 is 0 Å². The van der Waals surface area contributed by atoms with Crippen molar-refractivity contribution in [2.75, 3.05) is 6.61 Å². The molecule has 1 heterocycles. The summed E-state index contributed by atoms with van der Waals surface area (Å²) in [7, 11) is 0. The predicted molar refractivity (Wildman–Crippen MR) is 30.6 cm³/mol. The fourth-order valence-electron chi connectivity index (χ4n) is 0.600. The zero-order valence-electron chi connectivity index (χ0n) is 4.71. The van der Waals surface area contributed by atoms with Gasteiger partial charge in [0.2, 0.25) is 0 Å². The van der Waals surface area contributed by atoms with E-state index in [0.717, 1.165) is 6.61 Å². The second-order valence-corrected chi connectivity index (χ2v) is 1.96. The van der Waals surface area contributed by atoms with Gasteiger partial charge >= 0.3 is 0 Å². The van der Waals surface area contributed by atoms with Crippen LogP contribution in [0.15, 0.2) is 12.7 Å². The van der Waals surface area contributed by atoms with E-state index in [0.29, 0.717) is 6.42 Å². The van der Waals surface area contributed by atoms with Crippen molar-refractivity contribution in [3.8, 4) is 0 Å². The molecule has 1 N–H and O–H groups in total. The lowest BCUT2D eigenvalue weighted by Crippen LogP contribution is -2.12. The van der Waals surface area contributed by atoms with Gasteiger partial charge in [0.15, 0.2) is 0 Å². The van der Waals surface area contributed by atoms with Crippen LogP contribution in [0, 0.1) is 0 Å². The number of aliphatic hydroxyl groups excluding tert-OH is 1. The molecular weight excluding hydrogens is 104 g/mol. The summed E-state index contributed by atoms with van der Waals surface area (Å²) in [6, 6.07) is 0. The number of ether oxygens (including phenoxy) is 1. The van der Waals surface area contributed by atoms with Crippen LogP contribution in [-0.2, 0) is 4.74 Å². The maximum Gasteiger partial charge on any atom is 0.107 e. The van der Waals surface area contributed by atoms with Gasteiger partial charge in [-0.2, -0.15) is 0 Å². The molecule has 1 rings (SSSR count). The Morgan fingerprint density at radius 2 is 2.62 bits per heavy atom. The fourth-order valence-corrected chi connectivity index (χ4v) is 0.600. The number of hydrogen-bond acceptors (Lipinski definition) is 2. The molecule has 1 fully saturated rings. The SMILES string of the molecule is C=CC[C@H](O)[C@@H]1CO1. The summed E-state index contributed by atoms with van der Waals surface area (Å²) in [6.45, 7) is 4.21. The second kappa shape index (κ2) is 2.29. The molecule has 0 saturated carbocycles. The molecule has 0 bridgehead atoms. The lowest BCUT2D eigenvalue weighted by molar-refractivity contribution is 0.138. The molecule has 0 aliphatic carbocycles. The van der Waals surface area contributed by atoms with E-state index in [1.54, 1.807) is 6.08 Å².